The van der Waals surface area contributed by atoms with E-state index < -0.39 is 11.9 Å². The van der Waals surface area contributed by atoms with Crippen LogP contribution in [0.15, 0.2) is 42.5 Å². The van der Waals surface area contributed by atoms with Crippen LogP contribution in [0.4, 0.5) is 4.39 Å². The van der Waals surface area contributed by atoms with E-state index in [1.807, 2.05) is 25.1 Å². The Balaban J connectivity index is 2.28. The summed E-state index contributed by atoms with van der Waals surface area (Å²) in [6.07, 6.45) is 1.17. The maximum atomic E-state index is 13.0. The van der Waals surface area contributed by atoms with E-state index in [1.54, 1.807) is 7.11 Å². The van der Waals surface area contributed by atoms with E-state index in [1.165, 1.54) is 24.3 Å². The summed E-state index contributed by atoms with van der Waals surface area (Å²) in [7, 11) is 1.62. The zero-order chi connectivity index (χ0) is 16.1. The molecule has 22 heavy (non-hydrogen) atoms. The number of methoxy groups -OCH3 is 1. The predicted octanol–water partition coefficient (Wildman–Crippen LogP) is 3.81. The highest BCUT2D eigenvalue weighted by Crippen LogP contribution is 2.26. The van der Waals surface area contributed by atoms with Gasteiger partial charge in [0, 0.05) is 0 Å². The summed E-state index contributed by atoms with van der Waals surface area (Å²) in [5.41, 5.74) is 2.57. The Morgan fingerprint density at radius 2 is 1.91 bits per heavy atom. The van der Waals surface area contributed by atoms with Gasteiger partial charge in [0.1, 0.15) is 11.6 Å². The van der Waals surface area contributed by atoms with Gasteiger partial charge >= 0.3 is 5.97 Å². The molecule has 0 bridgehead atoms. The van der Waals surface area contributed by atoms with Crippen molar-refractivity contribution < 1.29 is 19.0 Å². The summed E-state index contributed by atoms with van der Waals surface area (Å²) in [6, 6.07) is 11.3. The van der Waals surface area contributed by atoms with Crippen LogP contribution in [-0.4, -0.2) is 18.2 Å². The Hall–Kier alpha value is -2.36. The van der Waals surface area contributed by atoms with Gasteiger partial charge in [0.15, 0.2) is 0 Å². The zero-order valence-electron chi connectivity index (χ0n) is 12.7. The number of ether oxygens (including phenoxy) is 1. The van der Waals surface area contributed by atoms with E-state index >= 15 is 0 Å². The van der Waals surface area contributed by atoms with Crippen LogP contribution in [0.2, 0.25) is 0 Å². The molecule has 0 aromatic heterocycles. The minimum Gasteiger partial charge on any atom is -0.496 e. The largest absolute Gasteiger partial charge is 0.496 e. The molecule has 116 valence electrons. The van der Waals surface area contributed by atoms with Crippen LogP contribution in [0.3, 0.4) is 0 Å². The van der Waals surface area contributed by atoms with Gasteiger partial charge in [-0.3, -0.25) is 4.79 Å². The molecule has 0 saturated heterocycles. The highest BCUT2D eigenvalue weighted by atomic mass is 19.1. The first-order valence-electron chi connectivity index (χ1n) is 7.19. The number of hydrogen-bond acceptors (Lipinski definition) is 2. The van der Waals surface area contributed by atoms with Crippen LogP contribution in [0.1, 0.15) is 29.5 Å². The average Bonchev–Trinajstić information content (AvgIpc) is 2.53. The molecular weight excluding hydrogens is 283 g/mol. The molecule has 0 aliphatic rings. The van der Waals surface area contributed by atoms with Crippen LogP contribution in [-0.2, 0) is 17.6 Å². The molecule has 3 nitrogen and oxygen atoms in total. The first-order chi connectivity index (χ1) is 10.5. The lowest BCUT2D eigenvalue weighted by atomic mass is 9.91. The number of rotatable bonds is 6. The fourth-order valence-corrected chi connectivity index (χ4v) is 2.51. The molecule has 4 heteroatoms. The summed E-state index contributed by atoms with van der Waals surface area (Å²) in [5, 5.41) is 9.47. The van der Waals surface area contributed by atoms with E-state index in [-0.39, 0.29) is 5.82 Å². The molecule has 0 fully saturated rings. The van der Waals surface area contributed by atoms with Crippen LogP contribution in [0, 0.1) is 5.82 Å². The third-order valence-electron chi connectivity index (χ3n) is 3.74. The Morgan fingerprint density at radius 3 is 2.45 bits per heavy atom. The van der Waals surface area contributed by atoms with Crippen LogP contribution in [0.25, 0.3) is 0 Å². The summed E-state index contributed by atoms with van der Waals surface area (Å²) >= 11 is 0. The van der Waals surface area contributed by atoms with Gasteiger partial charge in [-0.2, -0.15) is 0 Å². The Bertz CT molecular complexity index is 650. The standard InChI is InChI=1S/C18H19FO3/c1-3-13-10-12(4-9-17(13)22-2)11-16(18(20)21)14-5-7-15(19)8-6-14/h4-10,16H,3,11H2,1-2H3,(H,20,21). The van der Waals surface area contributed by atoms with Crippen molar-refractivity contribution in [2.75, 3.05) is 7.11 Å². The molecule has 0 heterocycles. The van der Waals surface area contributed by atoms with Crippen molar-refractivity contribution >= 4 is 5.97 Å². The van der Waals surface area contributed by atoms with Crippen LogP contribution < -0.4 is 4.74 Å². The van der Waals surface area contributed by atoms with Crippen molar-refractivity contribution in [3.63, 3.8) is 0 Å². The number of benzene rings is 2. The van der Waals surface area contributed by atoms with Gasteiger partial charge in [-0.25, -0.2) is 4.39 Å². The Kier molecular flexibility index (Phi) is 5.15. The minimum atomic E-state index is -0.916. The van der Waals surface area contributed by atoms with E-state index in [2.05, 4.69) is 0 Å². The van der Waals surface area contributed by atoms with Crippen LogP contribution in [0.5, 0.6) is 5.75 Å². The molecule has 1 unspecified atom stereocenters. The molecule has 1 atom stereocenters. The summed E-state index contributed by atoms with van der Waals surface area (Å²) in [5.74, 6) is -1.18. The van der Waals surface area contributed by atoms with Crippen molar-refractivity contribution in [3.05, 3.63) is 65.0 Å². The van der Waals surface area contributed by atoms with E-state index in [4.69, 9.17) is 4.74 Å². The monoisotopic (exact) mass is 302 g/mol. The number of halogens is 1. The van der Waals surface area contributed by atoms with Gasteiger partial charge in [-0.05, 0) is 47.7 Å². The lowest BCUT2D eigenvalue weighted by molar-refractivity contribution is -0.138. The lowest BCUT2D eigenvalue weighted by Crippen LogP contribution is -2.14. The quantitative estimate of drug-likeness (QED) is 0.882. The summed E-state index contributed by atoms with van der Waals surface area (Å²) in [6.45, 7) is 2.02. The first-order valence-corrected chi connectivity index (χ1v) is 7.19. The Labute approximate surface area is 129 Å². The molecular formula is C18H19FO3. The molecule has 0 aliphatic heterocycles. The molecule has 1 N–H and O–H groups in total. The van der Waals surface area contributed by atoms with E-state index in [0.29, 0.717) is 12.0 Å². The second-order valence-electron chi connectivity index (χ2n) is 5.15. The van der Waals surface area contributed by atoms with E-state index in [9.17, 15) is 14.3 Å². The topological polar surface area (TPSA) is 46.5 Å². The maximum absolute atomic E-state index is 13.0. The van der Waals surface area contributed by atoms with Gasteiger partial charge < -0.3 is 9.84 Å². The van der Waals surface area contributed by atoms with Gasteiger partial charge in [-0.1, -0.05) is 31.2 Å². The van der Waals surface area contributed by atoms with Gasteiger partial charge in [0.25, 0.3) is 0 Å². The summed E-state index contributed by atoms with van der Waals surface area (Å²) in [4.78, 5) is 11.5. The molecule has 0 amide bonds. The molecule has 0 radical (unpaired) electrons. The number of carboxylic acids is 1. The second kappa shape index (κ2) is 7.07. The average molecular weight is 302 g/mol. The predicted molar refractivity (Wildman–Crippen MR) is 82.9 cm³/mol. The first kappa shape index (κ1) is 16.0. The fraction of sp³-hybridized carbons (Fsp3) is 0.278. The highest BCUT2D eigenvalue weighted by Gasteiger charge is 2.20. The third kappa shape index (κ3) is 3.64. The molecule has 2 aromatic rings. The Morgan fingerprint density at radius 1 is 1.23 bits per heavy atom. The van der Waals surface area contributed by atoms with Crippen molar-refractivity contribution in [2.24, 2.45) is 0 Å². The normalized spacial score (nSPS) is 12.0. The van der Waals surface area contributed by atoms with Crippen molar-refractivity contribution in [3.8, 4) is 5.75 Å². The second-order valence-corrected chi connectivity index (χ2v) is 5.15. The number of carboxylic acid groups (broad SMARTS) is 1. The highest BCUT2D eigenvalue weighted by molar-refractivity contribution is 5.76. The lowest BCUT2D eigenvalue weighted by Gasteiger charge is -2.15. The maximum Gasteiger partial charge on any atom is 0.311 e. The third-order valence-corrected chi connectivity index (χ3v) is 3.74. The molecule has 0 saturated carbocycles. The van der Waals surface area contributed by atoms with E-state index in [0.717, 1.165) is 23.3 Å². The fourth-order valence-electron chi connectivity index (χ4n) is 2.51. The molecule has 0 aliphatic carbocycles. The van der Waals surface area contributed by atoms with Crippen LogP contribution >= 0.6 is 0 Å². The zero-order valence-corrected chi connectivity index (χ0v) is 12.7. The minimum absolute atomic E-state index is 0.359. The molecule has 0 spiro atoms. The van der Waals surface area contributed by atoms with Gasteiger partial charge in [-0.15, -0.1) is 0 Å². The summed E-state index contributed by atoms with van der Waals surface area (Å²) < 4.78 is 18.3. The van der Waals surface area contributed by atoms with Crippen molar-refractivity contribution in [2.45, 2.75) is 25.7 Å². The number of aliphatic carboxylic acids is 1. The number of hydrogen-bond donors (Lipinski definition) is 1. The van der Waals surface area contributed by atoms with Crippen molar-refractivity contribution in [1.29, 1.82) is 0 Å². The molecule has 2 rings (SSSR count). The number of aryl methyl sites for hydroxylation is 1. The molecule has 2 aromatic carbocycles. The van der Waals surface area contributed by atoms with Gasteiger partial charge in [0.2, 0.25) is 0 Å². The SMILES string of the molecule is CCc1cc(CC(C(=O)O)c2ccc(F)cc2)ccc1OC. The van der Waals surface area contributed by atoms with Gasteiger partial charge in [0.05, 0.1) is 13.0 Å². The van der Waals surface area contributed by atoms with Crippen molar-refractivity contribution in [1.82, 2.24) is 0 Å². The smallest absolute Gasteiger partial charge is 0.311 e. The number of carbonyl (C=O) groups is 1.